The Hall–Kier alpha value is 0.0600. The Morgan fingerprint density at radius 3 is 2.73 bits per heavy atom. The number of halogens is 1. The molecule has 0 saturated heterocycles. The minimum absolute atomic E-state index is 0.00999. The third kappa shape index (κ3) is 10.3. The van der Waals surface area contributed by atoms with Crippen molar-refractivity contribution in [3.8, 4) is 0 Å². The number of ether oxygens (including phenoxy) is 2. The van der Waals surface area contributed by atoms with Crippen molar-refractivity contribution in [2.45, 2.75) is 19.1 Å². The van der Waals surface area contributed by atoms with Crippen molar-refractivity contribution in [1.29, 1.82) is 0 Å². The highest BCUT2D eigenvalue weighted by atomic mass is 79.9. The average molecular weight is 282 g/mol. The summed E-state index contributed by atoms with van der Waals surface area (Å²) in [5.74, 6) is 0. The van der Waals surface area contributed by atoms with Crippen LogP contribution in [0.5, 0.6) is 0 Å². The van der Waals surface area contributed by atoms with Gasteiger partial charge in [0.1, 0.15) is 0 Å². The van der Waals surface area contributed by atoms with E-state index < -0.39 is 6.10 Å². The summed E-state index contributed by atoms with van der Waals surface area (Å²) in [5, 5.41) is 12.5. The van der Waals surface area contributed by atoms with Crippen molar-refractivity contribution in [3.05, 3.63) is 11.1 Å². The van der Waals surface area contributed by atoms with Gasteiger partial charge >= 0.3 is 0 Å². The zero-order chi connectivity index (χ0) is 11.7. The van der Waals surface area contributed by atoms with Crippen LogP contribution in [0.25, 0.3) is 0 Å². The Bertz CT molecular complexity index is 178. The topological polar surface area (TPSA) is 50.7 Å². The Labute approximate surface area is 99.8 Å². The third-order valence-corrected chi connectivity index (χ3v) is 1.95. The number of methoxy groups -OCH3 is 1. The molecule has 2 unspecified atom stereocenters. The molecular formula is C10H20BrNO3. The maximum absolute atomic E-state index is 9.51. The maximum Gasteiger partial charge on any atom is 0.0897 e. The highest BCUT2D eigenvalue weighted by Crippen LogP contribution is 1.97. The molecule has 4 nitrogen and oxygen atoms in total. The first-order chi connectivity index (χ1) is 7.06. The summed E-state index contributed by atoms with van der Waals surface area (Å²) < 4.78 is 11.1. The van der Waals surface area contributed by atoms with Crippen LogP contribution in [-0.2, 0) is 9.47 Å². The van der Waals surface area contributed by atoms with Crippen molar-refractivity contribution < 1.29 is 14.6 Å². The van der Waals surface area contributed by atoms with E-state index in [1.54, 1.807) is 7.11 Å². The zero-order valence-electron chi connectivity index (χ0n) is 9.33. The molecule has 5 heteroatoms. The fraction of sp³-hybridized carbons (Fsp3) is 0.800. The lowest BCUT2D eigenvalue weighted by molar-refractivity contribution is -0.0308. The van der Waals surface area contributed by atoms with E-state index in [1.807, 2.05) is 6.92 Å². The first-order valence-corrected chi connectivity index (χ1v) is 5.68. The number of aliphatic hydroxyl groups excluding tert-OH is 1. The lowest BCUT2D eigenvalue weighted by atomic mass is 10.3. The summed E-state index contributed by atoms with van der Waals surface area (Å²) in [4.78, 5) is 0. The van der Waals surface area contributed by atoms with Crippen LogP contribution in [-0.4, -0.2) is 50.7 Å². The van der Waals surface area contributed by atoms with Crippen LogP contribution in [0.4, 0.5) is 0 Å². The van der Waals surface area contributed by atoms with E-state index in [9.17, 15) is 5.11 Å². The van der Waals surface area contributed by atoms with Crippen LogP contribution in [0.15, 0.2) is 11.1 Å². The molecule has 0 radical (unpaired) electrons. The fourth-order valence-corrected chi connectivity index (χ4v) is 1.19. The molecule has 0 bridgehead atoms. The SMILES string of the molecule is C=C(Br)CNCC(O)COC(C)COC. The molecule has 0 saturated carbocycles. The van der Waals surface area contributed by atoms with E-state index in [1.165, 1.54) is 0 Å². The molecule has 0 aliphatic carbocycles. The van der Waals surface area contributed by atoms with E-state index in [4.69, 9.17) is 9.47 Å². The van der Waals surface area contributed by atoms with Gasteiger partial charge in [0.25, 0.3) is 0 Å². The number of hydrogen-bond donors (Lipinski definition) is 2. The molecule has 0 aliphatic rings. The molecule has 2 atom stereocenters. The van der Waals surface area contributed by atoms with Gasteiger partial charge in [-0.2, -0.15) is 0 Å². The van der Waals surface area contributed by atoms with Crippen LogP contribution in [0.1, 0.15) is 6.92 Å². The molecule has 0 aliphatic heterocycles. The lowest BCUT2D eigenvalue weighted by Crippen LogP contribution is -2.32. The normalized spacial score (nSPS) is 14.9. The predicted molar refractivity (Wildman–Crippen MR) is 64.2 cm³/mol. The Morgan fingerprint density at radius 1 is 1.53 bits per heavy atom. The molecule has 90 valence electrons. The minimum Gasteiger partial charge on any atom is -0.389 e. The second kappa shape index (κ2) is 9.30. The van der Waals surface area contributed by atoms with Crippen molar-refractivity contribution in [3.63, 3.8) is 0 Å². The number of nitrogens with one attached hydrogen (secondary N) is 1. The van der Waals surface area contributed by atoms with Crippen LogP contribution >= 0.6 is 15.9 Å². The van der Waals surface area contributed by atoms with Crippen molar-refractivity contribution in [2.75, 3.05) is 33.4 Å². The third-order valence-electron chi connectivity index (χ3n) is 1.67. The molecule has 0 fully saturated rings. The highest BCUT2D eigenvalue weighted by molar-refractivity contribution is 9.11. The monoisotopic (exact) mass is 281 g/mol. The smallest absolute Gasteiger partial charge is 0.0897 e. The first-order valence-electron chi connectivity index (χ1n) is 4.88. The van der Waals surface area contributed by atoms with Gasteiger partial charge in [-0.1, -0.05) is 22.5 Å². The molecule has 0 amide bonds. The van der Waals surface area contributed by atoms with Crippen molar-refractivity contribution >= 4 is 15.9 Å². The van der Waals surface area contributed by atoms with Gasteiger partial charge in [-0.3, -0.25) is 0 Å². The summed E-state index contributed by atoms with van der Waals surface area (Å²) in [6.07, 6.45) is -0.494. The standard InChI is InChI=1S/C10H20BrNO3/c1-8(11)4-12-5-10(13)7-15-9(2)6-14-3/h9-10,12-13H,1,4-7H2,2-3H3. The van der Waals surface area contributed by atoms with Gasteiger partial charge in [0.15, 0.2) is 0 Å². The summed E-state index contributed by atoms with van der Waals surface area (Å²) in [6.45, 7) is 7.57. The van der Waals surface area contributed by atoms with Gasteiger partial charge in [-0.15, -0.1) is 0 Å². The van der Waals surface area contributed by atoms with Crippen LogP contribution in [0.2, 0.25) is 0 Å². The number of hydrogen-bond acceptors (Lipinski definition) is 4. The molecule has 15 heavy (non-hydrogen) atoms. The lowest BCUT2D eigenvalue weighted by Gasteiger charge is -2.16. The van der Waals surface area contributed by atoms with E-state index in [0.29, 0.717) is 26.3 Å². The molecule has 0 aromatic carbocycles. The Balaban J connectivity index is 3.40. The molecule has 0 rings (SSSR count). The van der Waals surface area contributed by atoms with Gasteiger partial charge in [0.05, 0.1) is 25.4 Å². The van der Waals surface area contributed by atoms with E-state index in [0.717, 1.165) is 4.48 Å². The van der Waals surface area contributed by atoms with E-state index in [2.05, 4.69) is 27.8 Å². The number of rotatable bonds is 9. The quantitative estimate of drug-likeness (QED) is 0.659. The second-order valence-corrected chi connectivity index (χ2v) is 4.52. The predicted octanol–water partition coefficient (Wildman–Crippen LogP) is 0.897. The molecule has 2 N–H and O–H groups in total. The van der Waals surface area contributed by atoms with Crippen molar-refractivity contribution in [1.82, 2.24) is 5.32 Å². The molecular weight excluding hydrogens is 262 g/mol. The number of aliphatic hydroxyl groups is 1. The minimum atomic E-state index is -0.504. The molecule has 0 aromatic heterocycles. The van der Waals surface area contributed by atoms with Crippen LogP contribution < -0.4 is 5.32 Å². The second-order valence-electron chi connectivity index (χ2n) is 3.40. The van der Waals surface area contributed by atoms with Gasteiger partial charge in [0.2, 0.25) is 0 Å². The maximum atomic E-state index is 9.51. The van der Waals surface area contributed by atoms with Gasteiger partial charge < -0.3 is 19.9 Å². The zero-order valence-corrected chi connectivity index (χ0v) is 10.9. The van der Waals surface area contributed by atoms with Gasteiger partial charge in [-0.05, 0) is 6.92 Å². The summed E-state index contributed by atoms with van der Waals surface area (Å²) in [7, 11) is 1.62. The average Bonchev–Trinajstić information content (AvgIpc) is 2.14. The first kappa shape index (κ1) is 15.1. The Morgan fingerprint density at radius 2 is 2.20 bits per heavy atom. The largest absolute Gasteiger partial charge is 0.389 e. The van der Waals surface area contributed by atoms with Crippen LogP contribution in [0, 0.1) is 0 Å². The fourth-order valence-electron chi connectivity index (χ4n) is 0.992. The molecule has 0 aromatic rings. The van der Waals surface area contributed by atoms with Crippen LogP contribution in [0.3, 0.4) is 0 Å². The Kier molecular flexibility index (Phi) is 9.33. The summed E-state index contributed by atoms with van der Waals surface area (Å²) >= 11 is 3.22. The molecule has 0 heterocycles. The highest BCUT2D eigenvalue weighted by Gasteiger charge is 2.07. The molecule has 0 spiro atoms. The van der Waals surface area contributed by atoms with Gasteiger partial charge in [0, 0.05) is 24.7 Å². The summed E-state index contributed by atoms with van der Waals surface area (Å²) in [6, 6.07) is 0. The van der Waals surface area contributed by atoms with E-state index >= 15 is 0 Å². The van der Waals surface area contributed by atoms with Gasteiger partial charge in [-0.25, -0.2) is 0 Å². The van der Waals surface area contributed by atoms with Crippen molar-refractivity contribution in [2.24, 2.45) is 0 Å². The van der Waals surface area contributed by atoms with E-state index in [-0.39, 0.29) is 6.10 Å². The summed E-state index contributed by atoms with van der Waals surface area (Å²) in [5.41, 5.74) is 0.